The molecule has 2 rings (SSSR count). The molecule has 0 spiro atoms. The number of ether oxygens (including phenoxy) is 1. The van der Waals surface area contributed by atoms with Crippen molar-refractivity contribution in [3.63, 3.8) is 0 Å². The van der Waals surface area contributed by atoms with Crippen molar-refractivity contribution in [1.29, 1.82) is 0 Å². The number of carbonyl (C=O) groups excluding carboxylic acids is 1. The fourth-order valence-electron chi connectivity index (χ4n) is 2.13. The standard InChI is InChI=1S/C14H20N2O4S/c1-10-4-5-11(8-13(10)21(18,19)16(2)3)14(17)15-12-6-7-20-9-12/h4-5,8,12H,6-7,9H2,1-3H3,(H,15,17). The van der Waals surface area contributed by atoms with Crippen molar-refractivity contribution in [3.05, 3.63) is 29.3 Å². The van der Waals surface area contributed by atoms with Crippen molar-refractivity contribution in [2.24, 2.45) is 0 Å². The summed E-state index contributed by atoms with van der Waals surface area (Å²) in [5.41, 5.74) is 0.956. The molecule has 0 aliphatic carbocycles. The first-order valence-electron chi connectivity index (χ1n) is 6.74. The zero-order valence-electron chi connectivity index (χ0n) is 12.4. The SMILES string of the molecule is Cc1ccc(C(=O)NC2CCOC2)cc1S(=O)(=O)N(C)C. The van der Waals surface area contributed by atoms with Gasteiger partial charge in [-0.2, -0.15) is 0 Å². The lowest BCUT2D eigenvalue weighted by atomic mass is 10.1. The summed E-state index contributed by atoms with van der Waals surface area (Å²) < 4.78 is 30.8. The highest BCUT2D eigenvalue weighted by Gasteiger charge is 2.23. The number of aryl methyl sites for hydroxylation is 1. The summed E-state index contributed by atoms with van der Waals surface area (Å²) >= 11 is 0. The number of hydrogen-bond acceptors (Lipinski definition) is 4. The maximum absolute atomic E-state index is 12.2. The van der Waals surface area contributed by atoms with Crippen molar-refractivity contribution in [3.8, 4) is 0 Å². The van der Waals surface area contributed by atoms with Gasteiger partial charge in [0.25, 0.3) is 5.91 Å². The average Bonchev–Trinajstić information content (AvgIpc) is 2.91. The molecule has 1 fully saturated rings. The summed E-state index contributed by atoms with van der Waals surface area (Å²) in [7, 11) is -0.623. The third-order valence-electron chi connectivity index (χ3n) is 3.47. The Labute approximate surface area is 125 Å². The molecule has 0 bridgehead atoms. The molecule has 116 valence electrons. The molecule has 1 N–H and O–H groups in total. The Morgan fingerprint density at radius 2 is 2.10 bits per heavy atom. The highest BCUT2D eigenvalue weighted by Crippen LogP contribution is 2.20. The molecule has 0 aromatic heterocycles. The van der Waals surface area contributed by atoms with E-state index in [4.69, 9.17) is 4.74 Å². The molecule has 0 saturated carbocycles. The van der Waals surface area contributed by atoms with E-state index in [-0.39, 0.29) is 16.8 Å². The van der Waals surface area contributed by atoms with Gasteiger partial charge < -0.3 is 10.1 Å². The summed E-state index contributed by atoms with van der Waals surface area (Å²) in [4.78, 5) is 12.3. The Hall–Kier alpha value is -1.44. The second kappa shape index (κ2) is 6.13. The molecule has 6 nitrogen and oxygen atoms in total. The Morgan fingerprint density at radius 1 is 1.38 bits per heavy atom. The van der Waals surface area contributed by atoms with E-state index in [1.54, 1.807) is 19.1 Å². The van der Waals surface area contributed by atoms with E-state index < -0.39 is 10.0 Å². The third-order valence-corrected chi connectivity index (χ3v) is 5.43. The van der Waals surface area contributed by atoms with Gasteiger partial charge in [0.1, 0.15) is 0 Å². The first kappa shape index (κ1) is 15.9. The Balaban J connectivity index is 2.28. The van der Waals surface area contributed by atoms with Crippen LogP contribution in [0.15, 0.2) is 23.1 Å². The van der Waals surface area contributed by atoms with Gasteiger partial charge in [0.2, 0.25) is 10.0 Å². The summed E-state index contributed by atoms with van der Waals surface area (Å²) in [5, 5.41) is 2.85. The van der Waals surface area contributed by atoms with Crippen molar-refractivity contribution in [1.82, 2.24) is 9.62 Å². The number of benzene rings is 1. The number of hydrogen-bond donors (Lipinski definition) is 1. The quantitative estimate of drug-likeness (QED) is 0.891. The van der Waals surface area contributed by atoms with Gasteiger partial charge in [-0.1, -0.05) is 6.07 Å². The minimum Gasteiger partial charge on any atom is -0.379 e. The van der Waals surface area contributed by atoms with Crippen LogP contribution < -0.4 is 5.32 Å². The van der Waals surface area contributed by atoms with Crippen molar-refractivity contribution >= 4 is 15.9 Å². The average molecular weight is 312 g/mol. The Bertz CT molecular complexity index is 634. The fourth-order valence-corrected chi connectivity index (χ4v) is 3.28. The third kappa shape index (κ3) is 3.42. The van der Waals surface area contributed by atoms with Gasteiger partial charge in [-0.05, 0) is 31.0 Å². The van der Waals surface area contributed by atoms with E-state index in [0.29, 0.717) is 24.3 Å². The zero-order chi connectivity index (χ0) is 15.6. The second-order valence-corrected chi connectivity index (χ2v) is 7.42. The number of nitrogens with zero attached hydrogens (tertiary/aromatic N) is 1. The minimum atomic E-state index is -3.56. The monoisotopic (exact) mass is 312 g/mol. The lowest BCUT2D eigenvalue weighted by molar-refractivity contribution is 0.0929. The van der Waals surface area contributed by atoms with Crippen molar-refractivity contribution in [2.75, 3.05) is 27.3 Å². The molecular weight excluding hydrogens is 292 g/mol. The molecule has 1 aromatic carbocycles. The molecular formula is C14H20N2O4S. The van der Waals surface area contributed by atoms with E-state index in [1.807, 2.05) is 0 Å². The molecule has 1 aliphatic rings. The maximum Gasteiger partial charge on any atom is 0.251 e. The number of carbonyl (C=O) groups is 1. The van der Waals surface area contributed by atoms with E-state index in [1.165, 1.54) is 20.2 Å². The van der Waals surface area contributed by atoms with Crippen LogP contribution in [0, 0.1) is 6.92 Å². The molecule has 1 saturated heterocycles. The van der Waals surface area contributed by atoms with Crippen LogP contribution in [0.1, 0.15) is 22.3 Å². The van der Waals surface area contributed by atoms with E-state index >= 15 is 0 Å². The van der Waals surface area contributed by atoms with Gasteiger partial charge in [-0.3, -0.25) is 4.79 Å². The van der Waals surface area contributed by atoms with E-state index in [2.05, 4.69) is 5.32 Å². The minimum absolute atomic E-state index is 0.00675. The highest BCUT2D eigenvalue weighted by molar-refractivity contribution is 7.89. The molecule has 1 unspecified atom stereocenters. The van der Waals surface area contributed by atoms with Gasteiger partial charge in [0.05, 0.1) is 17.5 Å². The molecule has 1 aliphatic heterocycles. The highest BCUT2D eigenvalue weighted by atomic mass is 32.2. The van der Waals surface area contributed by atoms with Gasteiger partial charge in [-0.25, -0.2) is 12.7 Å². The number of nitrogens with one attached hydrogen (secondary N) is 1. The lowest BCUT2D eigenvalue weighted by Crippen LogP contribution is -2.35. The zero-order valence-corrected chi connectivity index (χ0v) is 13.2. The maximum atomic E-state index is 12.2. The fraction of sp³-hybridized carbons (Fsp3) is 0.500. The molecule has 1 amide bonds. The van der Waals surface area contributed by atoms with Crippen LogP contribution in [0.5, 0.6) is 0 Å². The van der Waals surface area contributed by atoms with Crippen molar-refractivity contribution in [2.45, 2.75) is 24.3 Å². The van der Waals surface area contributed by atoms with Crippen LogP contribution in [0.4, 0.5) is 0 Å². The van der Waals surface area contributed by atoms with E-state index in [0.717, 1.165) is 10.7 Å². The molecule has 1 aromatic rings. The van der Waals surface area contributed by atoms with Crippen LogP contribution in [0.2, 0.25) is 0 Å². The first-order valence-corrected chi connectivity index (χ1v) is 8.18. The second-order valence-electron chi connectivity index (χ2n) is 5.30. The molecule has 21 heavy (non-hydrogen) atoms. The Kier molecular flexibility index (Phi) is 4.65. The number of rotatable bonds is 4. The predicted molar refractivity (Wildman–Crippen MR) is 78.7 cm³/mol. The van der Waals surface area contributed by atoms with E-state index in [9.17, 15) is 13.2 Å². The Morgan fingerprint density at radius 3 is 2.67 bits per heavy atom. The largest absolute Gasteiger partial charge is 0.379 e. The molecule has 7 heteroatoms. The summed E-state index contributed by atoms with van der Waals surface area (Å²) in [5.74, 6) is -0.277. The summed E-state index contributed by atoms with van der Waals surface area (Å²) in [6.45, 7) is 2.85. The number of amides is 1. The topological polar surface area (TPSA) is 75.7 Å². The molecule has 0 radical (unpaired) electrons. The summed E-state index contributed by atoms with van der Waals surface area (Å²) in [6, 6.07) is 4.70. The summed E-state index contributed by atoms with van der Waals surface area (Å²) in [6.07, 6.45) is 0.778. The van der Waals surface area contributed by atoms with Crippen LogP contribution in [0.25, 0.3) is 0 Å². The van der Waals surface area contributed by atoms with Crippen LogP contribution in [-0.4, -0.2) is 52.0 Å². The first-order chi connectivity index (χ1) is 9.82. The predicted octanol–water partition coefficient (Wildman–Crippen LogP) is 0.764. The van der Waals surface area contributed by atoms with Crippen LogP contribution in [0.3, 0.4) is 0 Å². The van der Waals surface area contributed by atoms with Gasteiger partial charge >= 0.3 is 0 Å². The van der Waals surface area contributed by atoms with Gasteiger partial charge in [0, 0.05) is 26.3 Å². The van der Waals surface area contributed by atoms with Crippen molar-refractivity contribution < 1.29 is 17.9 Å². The molecule has 1 atom stereocenters. The smallest absolute Gasteiger partial charge is 0.251 e. The van der Waals surface area contributed by atoms with Gasteiger partial charge in [-0.15, -0.1) is 0 Å². The normalized spacial score (nSPS) is 19.0. The lowest BCUT2D eigenvalue weighted by Gasteiger charge is -2.15. The van der Waals surface area contributed by atoms with Gasteiger partial charge in [0.15, 0.2) is 0 Å². The van der Waals surface area contributed by atoms with Crippen LogP contribution >= 0.6 is 0 Å². The van der Waals surface area contributed by atoms with Crippen LogP contribution in [-0.2, 0) is 14.8 Å². The number of sulfonamides is 1. The molecule has 1 heterocycles.